The Labute approximate surface area is 150 Å². The number of aromatic nitrogens is 2. The number of benzene rings is 1. The highest BCUT2D eigenvalue weighted by Crippen LogP contribution is 2.40. The fraction of sp³-hybridized carbons (Fsp3) is 0.368. The molecule has 0 N–H and O–H groups in total. The second-order valence-corrected chi connectivity index (χ2v) is 8.28. The molecule has 0 radical (unpaired) electrons. The Morgan fingerprint density at radius 1 is 1.21 bits per heavy atom. The highest BCUT2D eigenvalue weighted by Gasteiger charge is 2.27. The first kappa shape index (κ1) is 16.1. The van der Waals surface area contributed by atoms with Crippen LogP contribution in [0.25, 0.3) is 21.6 Å². The summed E-state index contributed by atoms with van der Waals surface area (Å²) < 4.78 is 6.04. The molecule has 5 heteroatoms. The van der Waals surface area contributed by atoms with Gasteiger partial charge in [0.15, 0.2) is 5.82 Å². The van der Waals surface area contributed by atoms with Crippen LogP contribution in [0.3, 0.4) is 0 Å². The van der Waals surface area contributed by atoms with Crippen molar-refractivity contribution in [2.75, 3.05) is 6.26 Å². The maximum atomic E-state index is 6.04. The minimum absolute atomic E-state index is 0.291. The first-order valence-corrected chi connectivity index (χ1v) is 10.2. The fourth-order valence-electron chi connectivity index (χ4n) is 3.14. The Hall–Kier alpha value is -1.43. The van der Waals surface area contributed by atoms with Crippen LogP contribution in [0.4, 0.5) is 0 Å². The molecule has 0 saturated heterocycles. The smallest absolute Gasteiger partial charge is 0.162 e. The molecular weight excluding hydrogens is 336 g/mol. The predicted molar refractivity (Wildman–Crippen MR) is 102 cm³/mol. The van der Waals surface area contributed by atoms with Gasteiger partial charge in [-0.2, -0.15) is 0 Å². The molecule has 3 heterocycles. The molecule has 4 rings (SSSR count). The van der Waals surface area contributed by atoms with Crippen molar-refractivity contribution in [1.82, 2.24) is 9.97 Å². The van der Waals surface area contributed by atoms with Crippen LogP contribution in [0.1, 0.15) is 24.3 Å². The molecule has 1 aliphatic heterocycles. The Balaban J connectivity index is 1.87. The molecule has 0 unspecified atom stereocenters. The number of hydrogen-bond acceptors (Lipinski definition) is 5. The summed E-state index contributed by atoms with van der Waals surface area (Å²) in [6.45, 7) is 5.15. The van der Waals surface area contributed by atoms with Crippen molar-refractivity contribution >= 4 is 33.3 Å². The van der Waals surface area contributed by atoms with Gasteiger partial charge in [0.2, 0.25) is 0 Å². The van der Waals surface area contributed by atoms with Gasteiger partial charge in [-0.3, -0.25) is 0 Å². The van der Waals surface area contributed by atoms with E-state index in [-0.39, 0.29) is 0 Å². The fourth-order valence-corrected chi connectivity index (χ4v) is 4.93. The normalized spacial score (nSPS) is 17.4. The Bertz CT molecular complexity index is 874. The van der Waals surface area contributed by atoms with Gasteiger partial charge in [0.25, 0.3) is 0 Å². The quantitative estimate of drug-likeness (QED) is 0.478. The molecule has 0 aliphatic carbocycles. The lowest BCUT2D eigenvalue weighted by Crippen LogP contribution is -2.26. The van der Waals surface area contributed by atoms with E-state index in [0.717, 1.165) is 27.7 Å². The highest BCUT2D eigenvalue weighted by molar-refractivity contribution is 7.98. The summed E-state index contributed by atoms with van der Waals surface area (Å²) in [6.07, 6.45) is 3.35. The number of rotatable bonds is 3. The van der Waals surface area contributed by atoms with Crippen LogP contribution in [-0.2, 0) is 17.8 Å². The Kier molecular flexibility index (Phi) is 4.33. The summed E-state index contributed by atoms with van der Waals surface area (Å²) in [5.41, 5.74) is 2.47. The van der Waals surface area contributed by atoms with Gasteiger partial charge in [-0.1, -0.05) is 44.2 Å². The molecule has 3 nitrogen and oxygen atoms in total. The van der Waals surface area contributed by atoms with Crippen LogP contribution in [0.2, 0.25) is 0 Å². The molecule has 124 valence electrons. The molecule has 0 amide bonds. The summed E-state index contributed by atoms with van der Waals surface area (Å²) in [4.78, 5) is 12.1. The molecule has 0 bridgehead atoms. The summed E-state index contributed by atoms with van der Waals surface area (Å²) in [5.74, 6) is 1.34. The number of thioether (sulfide) groups is 1. The van der Waals surface area contributed by atoms with Gasteiger partial charge in [-0.25, -0.2) is 9.97 Å². The predicted octanol–water partition coefficient (Wildman–Crippen LogP) is 5.18. The van der Waals surface area contributed by atoms with E-state index in [0.29, 0.717) is 18.6 Å². The first-order chi connectivity index (χ1) is 11.7. The van der Waals surface area contributed by atoms with Crippen LogP contribution in [0.15, 0.2) is 35.4 Å². The van der Waals surface area contributed by atoms with Crippen molar-refractivity contribution in [3.05, 3.63) is 40.8 Å². The topological polar surface area (TPSA) is 35.0 Å². The minimum Gasteiger partial charge on any atom is -0.372 e. The summed E-state index contributed by atoms with van der Waals surface area (Å²) in [6, 6.07) is 10.2. The number of thiophene rings is 1. The molecule has 1 aromatic carbocycles. The first-order valence-electron chi connectivity index (χ1n) is 8.20. The third-order valence-electron chi connectivity index (χ3n) is 4.50. The molecule has 0 spiro atoms. The zero-order valence-electron chi connectivity index (χ0n) is 14.1. The van der Waals surface area contributed by atoms with Gasteiger partial charge in [-0.15, -0.1) is 23.1 Å². The van der Waals surface area contributed by atoms with Crippen molar-refractivity contribution in [2.45, 2.75) is 38.0 Å². The van der Waals surface area contributed by atoms with Gasteiger partial charge in [0.05, 0.1) is 12.7 Å². The lowest BCUT2D eigenvalue weighted by molar-refractivity contribution is 0.00199. The van der Waals surface area contributed by atoms with E-state index in [2.05, 4.69) is 32.2 Å². The van der Waals surface area contributed by atoms with E-state index in [1.54, 1.807) is 23.1 Å². The van der Waals surface area contributed by atoms with Gasteiger partial charge in [-0.05, 0) is 17.7 Å². The largest absolute Gasteiger partial charge is 0.372 e. The SMILES string of the molecule is CSc1nc(-c2ccccc2)nc2sc3c(c12)C[C@H](C(C)C)OC3. The van der Waals surface area contributed by atoms with E-state index in [4.69, 9.17) is 14.7 Å². The van der Waals surface area contributed by atoms with Crippen molar-refractivity contribution < 1.29 is 4.74 Å². The molecule has 1 aliphatic rings. The molecule has 2 aromatic heterocycles. The maximum Gasteiger partial charge on any atom is 0.162 e. The van der Waals surface area contributed by atoms with Crippen LogP contribution in [-0.4, -0.2) is 22.3 Å². The third kappa shape index (κ3) is 2.75. The van der Waals surface area contributed by atoms with Crippen LogP contribution in [0, 0.1) is 5.92 Å². The van der Waals surface area contributed by atoms with Gasteiger partial charge in [0.1, 0.15) is 9.86 Å². The summed E-state index contributed by atoms with van der Waals surface area (Å²) in [7, 11) is 0. The second-order valence-electron chi connectivity index (χ2n) is 6.40. The monoisotopic (exact) mass is 356 g/mol. The summed E-state index contributed by atoms with van der Waals surface area (Å²) >= 11 is 3.47. The van der Waals surface area contributed by atoms with E-state index in [9.17, 15) is 0 Å². The maximum absolute atomic E-state index is 6.04. The number of hydrogen-bond donors (Lipinski definition) is 0. The Morgan fingerprint density at radius 2 is 2.00 bits per heavy atom. The zero-order chi connectivity index (χ0) is 16.7. The summed E-state index contributed by atoms with van der Waals surface area (Å²) in [5, 5.41) is 2.33. The van der Waals surface area contributed by atoms with Crippen LogP contribution < -0.4 is 0 Å². The molecular formula is C19H20N2OS2. The lowest BCUT2D eigenvalue weighted by atomic mass is 9.96. The molecule has 0 fully saturated rings. The Morgan fingerprint density at radius 3 is 2.71 bits per heavy atom. The van der Waals surface area contributed by atoms with E-state index in [1.807, 2.05) is 18.2 Å². The molecule has 1 atom stereocenters. The van der Waals surface area contributed by atoms with Crippen molar-refractivity contribution in [1.29, 1.82) is 0 Å². The average molecular weight is 357 g/mol. The van der Waals surface area contributed by atoms with Crippen molar-refractivity contribution in [3.8, 4) is 11.4 Å². The molecule has 0 saturated carbocycles. The van der Waals surface area contributed by atoms with Crippen molar-refractivity contribution in [3.63, 3.8) is 0 Å². The van der Waals surface area contributed by atoms with Crippen LogP contribution in [0.5, 0.6) is 0 Å². The third-order valence-corrected chi connectivity index (χ3v) is 6.29. The molecule has 3 aromatic rings. The van der Waals surface area contributed by atoms with Crippen LogP contribution >= 0.6 is 23.1 Å². The van der Waals surface area contributed by atoms with E-state index < -0.39 is 0 Å². The number of fused-ring (bicyclic) bond motifs is 3. The van der Waals surface area contributed by atoms with E-state index in [1.165, 1.54) is 15.8 Å². The lowest BCUT2D eigenvalue weighted by Gasteiger charge is -2.26. The zero-order valence-corrected chi connectivity index (χ0v) is 15.7. The number of ether oxygens (including phenoxy) is 1. The van der Waals surface area contributed by atoms with Gasteiger partial charge < -0.3 is 4.74 Å². The highest BCUT2D eigenvalue weighted by atomic mass is 32.2. The van der Waals surface area contributed by atoms with Gasteiger partial charge >= 0.3 is 0 Å². The minimum atomic E-state index is 0.291. The number of nitrogens with zero attached hydrogens (tertiary/aromatic N) is 2. The van der Waals surface area contributed by atoms with Crippen molar-refractivity contribution in [2.24, 2.45) is 5.92 Å². The van der Waals surface area contributed by atoms with Gasteiger partial charge in [0, 0.05) is 22.2 Å². The van der Waals surface area contributed by atoms with E-state index >= 15 is 0 Å². The average Bonchev–Trinajstić information content (AvgIpc) is 2.99. The molecule has 24 heavy (non-hydrogen) atoms. The second kappa shape index (κ2) is 6.47. The standard InChI is InChI=1S/C19H20N2OS2/c1-11(2)14-9-13-15(10-22-14)24-19-16(13)18(23-3)20-17(21-19)12-7-5-4-6-8-12/h4-8,11,14H,9-10H2,1-3H3/t14-/m1/s1.